The van der Waals surface area contributed by atoms with Gasteiger partial charge in [-0.25, -0.2) is 9.78 Å². The first-order chi connectivity index (χ1) is 12.7. The third-order valence-corrected chi connectivity index (χ3v) is 4.52. The second kappa shape index (κ2) is 8.31. The zero-order valence-corrected chi connectivity index (χ0v) is 14.8. The predicted octanol–water partition coefficient (Wildman–Crippen LogP) is 4.27. The van der Waals surface area contributed by atoms with Gasteiger partial charge in [0.05, 0.1) is 18.4 Å². The summed E-state index contributed by atoms with van der Waals surface area (Å²) in [5.74, 6) is -0.793. The van der Waals surface area contributed by atoms with E-state index in [0.29, 0.717) is 16.8 Å². The number of pyridine rings is 1. The molecule has 1 heterocycles. The number of anilines is 1. The Bertz CT molecular complexity index is 912. The maximum atomic E-state index is 12.5. The van der Waals surface area contributed by atoms with Crippen LogP contribution in [0.3, 0.4) is 0 Å². The zero-order valence-electron chi connectivity index (χ0n) is 14.0. The van der Waals surface area contributed by atoms with Crippen molar-refractivity contribution in [3.05, 3.63) is 84.1 Å². The van der Waals surface area contributed by atoms with Gasteiger partial charge < -0.3 is 10.1 Å². The quantitative estimate of drug-likeness (QED) is 0.685. The Kier molecular flexibility index (Phi) is 5.66. The van der Waals surface area contributed by atoms with Gasteiger partial charge in [-0.1, -0.05) is 30.0 Å². The molecular weight excluding hydrogens is 348 g/mol. The highest BCUT2D eigenvalue weighted by atomic mass is 32.2. The number of nitrogens with one attached hydrogen (secondary N) is 1. The second-order valence-electron chi connectivity index (χ2n) is 5.29. The number of methoxy groups -OCH3 is 1. The summed E-state index contributed by atoms with van der Waals surface area (Å²) in [5, 5.41) is 3.64. The number of aromatic nitrogens is 1. The Hall–Kier alpha value is -3.12. The van der Waals surface area contributed by atoms with Crippen LogP contribution in [0.25, 0.3) is 0 Å². The lowest BCUT2D eigenvalue weighted by Gasteiger charge is -2.10. The molecule has 0 unspecified atom stereocenters. The monoisotopic (exact) mass is 364 g/mol. The largest absolute Gasteiger partial charge is 0.465 e. The number of benzene rings is 2. The van der Waals surface area contributed by atoms with Crippen molar-refractivity contribution in [2.45, 2.75) is 9.92 Å². The van der Waals surface area contributed by atoms with Crippen molar-refractivity contribution in [1.29, 1.82) is 0 Å². The molecule has 3 aromatic rings. The van der Waals surface area contributed by atoms with Gasteiger partial charge in [0.25, 0.3) is 5.91 Å². The lowest BCUT2D eigenvalue weighted by Crippen LogP contribution is -2.15. The van der Waals surface area contributed by atoms with E-state index < -0.39 is 5.97 Å². The van der Waals surface area contributed by atoms with E-state index in [1.807, 2.05) is 30.3 Å². The minimum atomic E-state index is -0.497. The van der Waals surface area contributed by atoms with Crippen LogP contribution in [0.2, 0.25) is 0 Å². The molecule has 0 spiro atoms. The molecule has 3 rings (SSSR count). The van der Waals surface area contributed by atoms with Crippen LogP contribution in [0.15, 0.2) is 82.8 Å². The number of hydrogen-bond donors (Lipinski definition) is 1. The number of rotatable bonds is 5. The van der Waals surface area contributed by atoms with Crippen LogP contribution in [0.5, 0.6) is 0 Å². The van der Waals surface area contributed by atoms with Gasteiger partial charge in [-0.15, -0.1) is 0 Å². The first kappa shape index (κ1) is 17.7. The molecule has 0 saturated heterocycles. The highest BCUT2D eigenvalue weighted by molar-refractivity contribution is 7.99. The lowest BCUT2D eigenvalue weighted by molar-refractivity contribution is 0.0602. The number of carbonyl (C=O) groups is 2. The molecule has 0 bridgehead atoms. The molecule has 6 heteroatoms. The van der Waals surface area contributed by atoms with E-state index in [1.54, 1.807) is 42.6 Å². The fourth-order valence-electron chi connectivity index (χ4n) is 2.28. The second-order valence-corrected chi connectivity index (χ2v) is 6.38. The maximum Gasteiger partial charge on any atom is 0.339 e. The third kappa shape index (κ3) is 4.29. The summed E-state index contributed by atoms with van der Waals surface area (Å²) in [4.78, 5) is 29.5. The molecule has 2 aromatic carbocycles. The highest BCUT2D eigenvalue weighted by Crippen LogP contribution is 2.26. The van der Waals surface area contributed by atoms with Crippen LogP contribution in [0, 0.1) is 0 Å². The molecule has 1 amide bonds. The van der Waals surface area contributed by atoms with E-state index in [1.165, 1.54) is 18.9 Å². The third-order valence-electron chi connectivity index (χ3n) is 3.56. The molecule has 0 aliphatic rings. The van der Waals surface area contributed by atoms with E-state index in [4.69, 9.17) is 4.74 Å². The van der Waals surface area contributed by atoms with Crippen LogP contribution < -0.4 is 5.32 Å². The van der Waals surface area contributed by atoms with Crippen molar-refractivity contribution >= 4 is 29.3 Å². The van der Waals surface area contributed by atoms with Crippen LogP contribution >= 0.6 is 11.8 Å². The van der Waals surface area contributed by atoms with Crippen molar-refractivity contribution in [1.82, 2.24) is 4.98 Å². The molecule has 1 aromatic heterocycles. The van der Waals surface area contributed by atoms with Crippen molar-refractivity contribution in [3.63, 3.8) is 0 Å². The average Bonchev–Trinajstić information content (AvgIpc) is 2.69. The topological polar surface area (TPSA) is 68.3 Å². The molecule has 0 aliphatic heterocycles. The summed E-state index contributed by atoms with van der Waals surface area (Å²) in [6.07, 6.45) is 1.74. The number of amides is 1. The molecule has 130 valence electrons. The smallest absolute Gasteiger partial charge is 0.339 e. The standard InChI is InChI=1S/C20H16N2O3S/c1-25-20(24)16-6-2-3-7-17(16)22-19(23)14-9-11-15(12-10-14)26-18-8-4-5-13-21-18/h2-13H,1H3,(H,22,23). The Morgan fingerprint density at radius 3 is 2.38 bits per heavy atom. The van der Waals surface area contributed by atoms with Crippen molar-refractivity contribution in [2.24, 2.45) is 0 Å². The van der Waals surface area contributed by atoms with Gasteiger partial charge >= 0.3 is 5.97 Å². The maximum absolute atomic E-state index is 12.5. The van der Waals surface area contributed by atoms with E-state index in [-0.39, 0.29) is 5.91 Å². The summed E-state index contributed by atoms with van der Waals surface area (Å²) in [5.41, 5.74) is 1.22. The zero-order chi connectivity index (χ0) is 18.4. The number of para-hydroxylation sites is 1. The van der Waals surface area contributed by atoms with Gasteiger partial charge in [0.15, 0.2) is 0 Å². The predicted molar refractivity (Wildman–Crippen MR) is 101 cm³/mol. The Labute approximate surface area is 155 Å². The normalized spacial score (nSPS) is 10.2. The molecule has 1 N–H and O–H groups in total. The van der Waals surface area contributed by atoms with Crippen LogP contribution in [0.4, 0.5) is 5.69 Å². The SMILES string of the molecule is COC(=O)c1ccccc1NC(=O)c1ccc(Sc2ccccn2)cc1. The summed E-state index contributed by atoms with van der Waals surface area (Å²) in [6.45, 7) is 0. The van der Waals surface area contributed by atoms with Crippen molar-refractivity contribution in [3.8, 4) is 0 Å². The highest BCUT2D eigenvalue weighted by Gasteiger charge is 2.14. The molecule has 0 fully saturated rings. The summed E-state index contributed by atoms with van der Waals surface area (Å²) in [6, 6.07) is 19.6. The minimum absolute atomic E-state index is 0.296. The van der Waals surface area contributed by atoms with Gasteiger partial charge in [-0.2, -0.15) is 0 Å². The Balaban J connectivity index is 1.72. The molecule has 0 radical (unpaired) electrons. The van der Waals surface area contributed by atoms with E-state index in [9.17, 15) is 9.59 Å². The summed E-state index contributed by atoms with van der Waals surface area (Å²) >= 11 is 1.52. The average molecular weight is 364 g/mol. The molecule has 5 nitrogen and oxygen atoms in total. The molecular formula is C20H16N2O3S. The number of esters is 1. The van der Waals surface area contributed by atoms with E-state index >= 15 is 0 Å². The first-order valence-corrected chi connectivity index (χ1v) is 8.66. The summed E-state index contributed by atoms with van der Waals surface area (Å²) < 4.78 is 4.74. The fourth-order valence-corrected chi connectivity index (χ4v) is 3.05. The van der Waals surface area contributed by atoms with Gasteiger partial charge in [0.1, 0.15) is 5.03 Å². The minimum Gasteiger partial charge on any atom is -0.465 e. The Morgan fingerprint density at radius 1 is 0.962 bits per heavy atom. The van der Waals surface area contributed by atoms with Gasteiger partial charge in [-0.3, -0.25) is 4.79 Å². The first-order valence-electron chi connectivity index (χ1n) is 7.85. The number of carbonyl (C=O) groups excluding carboxylic acids is 2. The number of nitrogens with zero attached hydrogens (tertiary/aromatic N) is 1. The molecule has 26 heavy (non-hydrogen) atoms. The fraction of sp³-hybridized carbons (Fsp3) is 0.0500. The van der Waals surface area contributed by atoms with E-state index in [2.05, 4.69) is 10.3 Å². The van der Waals surface area contributed by atoms with Crippen LogP contribution in [-0.4, -0.2) is 24.0 Å². The summed E-state index contributed by atoms with van der Waals surface area (Å²) in [7, 11) is 1.30. The lowest BCUT2D eigenvalue weighted by atomic mass is 10.1. The van der Waals surface area contributed by atoms with Gasteiger partial charge in [0.2, 0.25) is 0 Å². The molecule has 0 aliphatic carbocycles. The Morgan fingerprint density at radius 2 is 1.69 bits per heavy atom. The van der Waals surface area contributed by atoms with Gasteiger partial charge in [-0.05, 0) is 48.5 Å². The van der Waals surface area contributed by atoms with Crippen molar-refractivity contribution < 1.29 is 14.3 Å². The molecule has 0 saturated carbocycles. The van der Waals surface area contributed by atoms with E-state index in [0.717, 1.165) is 9.92 Å². The van der Waals surface area contributed by atoms with Crippen LogP contribution in [-0.2, 0) is 4.74 Å². The molecule has 0 atom stereocenters. The van der Waals surface area contributed by atoms with Crippen LogP contribution in [0.1, 0.15) is 20.7 Å². The number of ether oxygens (including phenoxy) is 1. The van der Waals surface area contributed by atoms with Gasteiger partial charge in [0, 0.05) is 16.7 Å². The number of hydrogen-bond acceptors (Lipinski definition) is 5. The van der Waals surface area contributed by atoms with Crippen molar-refractivity contribution in [2.75, 3.05) is 12.4 Å².